The molecular formula is C16H21Cl2N3O3S. The Morgan fingerprint density at radius 2 is 1.92 bits per heavy atom. The van der Waals surface area contributed by atoms with Crippen molar-refractivity contribution < 1.29 is 13.2 Å². The molecule has 9 heteroatoms. The van der Waals surface area contributed by atoms with Gasteiger partial charge in [0.05, 0.1) is 9.92 Å². The number of hydrogen-bond acceptors (Lipinski definition) is 5. The molecule has 0 aliphatic carbocycles. The molecule has 1 aromatic carbocycles. The van der Waals surface area contributed by atoms with Crippen molar-refractivity contribution in [2.75, 3.05) is 6.61 Å². The Hall–Kier alpha value is -1.15. The molecule has 0 aliphatic heterocycles. The van der Waals surface area contributed by atoms with Gasteiger partial charge in [0.25, 0.3) is 0 Å². The lowest BCUT2D eigenvalue weighted by Crippen LogP contribution is -2.25. The van der Waals surface area contributed by atoms with Gasteiger partial charge in [-0.15, -0.1) is 10.2 Å². The molecule has 0 amide bonds. The van der Waals surface area contributed by atoms with E-state index < -0.39 is 15.3 Å². The first-order valence-corrected chi connectivity index (χ1v) is 10.4. The van der Waals surface area contributed by atoms with Crippen LogP contribution in [0.2, 0.25) is 10.0 Å². The van der Waals surface area contributed by atoms with Crippen molar-refractivity contribution in [1.29, 1.82) is 0 Å². The first kappa shape index (κ1) is 20.2. The smallest absolute Gasteiger partial charge is 0.206 e. The zero-order valence-electron chi connectivity index (χ0n) is 13.9. The van der Waals surface area contributed by atoms with Crippen molar-refractivity contribution in [3.05, 3.63) is 40.9 Å². The first-order chi connectivity index (χ1) is 11.9. The summed E-state index contributed by atoms with van der Waals surface area (Å²) in [4.78, 5) is 0.0570. The molecular weight excluding hydrogens is 385 g/mol. The predicted molar refractivity (Wildman–Crippen MR) is 97.6 cm³/mol. The lowest BCUT2D eigenvalue weighted by atomic mass is 10.3. The van der Waals surface area contributed by atoms with Gasteiger partial charge in [0, 0.05) is 18.2 Å². The number of nitrogens with zero attached hydrogens (tertiary/aromatic N) is 3. The highest BCUT2D eigenvalue weighted by atomic mass is 35.5. The summed E-state index contributed by atoms with van der Waals surface area (Å²) in [5.74, 6) is 0. The van der Waals surface area contributed by atoms with Crippen LogP contribution >= 0.6 is 23.2 Å². The topological polar surface area (TPSA) is 74.1 Å². The lowest BCUT2D eigenvalue weighted by molar-refractivity contribution is 0.0952. The SMILES string of the molecule is CCCC(OCCCCn1cnnc1)S(=O)(=O)c1ccc(Cl)cc1Cl. The third-order valence-electron chi connectivity index (χ3n) is 3.65. The van der Waals surface area contributed by atoms with Crippen LogP contribution in [-0.4, -0.2) is 35.2 Å². The molecule has 6 nitrogen and oxygen atoms in total. The van der Waals surface area contributed by atoms with Crippen molar-refractivity contribution in [3.63, 3.8) is 0 Å². The summed E-state index contributed by atoms with van der Waals surface area (Å²) in [6.45, 7) is 3.04. The molecule has 2 rings (SSSR count). The molecule has 1 unspecified atom stereocenters. The van der Waals surface area contributed by atoms with E-state index in [-0.39, 0.29) is 9.92 Å². The molecule has 0 N–H and O–H groups in total. The standard InChI is InChI=1S/C16H21Cl2N3O3S/c1-2-5-16(24-9-4-3-8-21-11-19-20-12-21)25(22,23)15-7-6-13(17)10-14(15)18/h6-7,10-12,16H,2-5,8-9H2,1H3. The molecule has 138 valence electrons. The Morgan fingerprint density at radius 1 is 1.20 bits per heavy atom. The van der Waals surface area contributed by atoms with E-state index in [4.69, 9.17) is 27.9 Å². The molecule has 0 saturated carbocycles. The molecule has 25 heavy (non-hydrogen) atoms. The second-order valence-electron chi connectivity index (χ2n) is 5.62. The van der Waals surface area contributed by atoms with Gasteiger partial charge in [0.15, 0.2) is 5.44 Å². The van der Waals surface area contributed by atoms with Crippen LogP contribution in [-0.2, 0) is 21.1 Å². The van der Waals surface area contributed by atoms with Crippen molar-refractivity contribution >= 4 is 33.0 Å². The number of benzene rings is 1. The highest BCUT2D eigenvalue weighted by Gasteiger charge is 2.29. The van der Waals surface area contributed by atoms with Gasteiger partial charge in [-0.05, 0) is 37.5 Å². The summed E-state index contributed by atoms with van der Waals surface area (Å²) in [6, 6.07) is 4.37. The van der Waals surface area contributed by atoms with Crippen LogP contribution in [0.25, 0.3) is 0 Å². The lowest BCUT2D eigenvalue weighted by Gasteiger charge is -2.19. The van der Waals surface area contributed by atoms with Gasteiger partial charge in [-0.3, -0.25) is 0 Å². The fourth-order valence-electron chi connectivity index (χ4n) is 2.36. The van der Waals surface area contributed by atoms with Gasteiger partial charge < -0.3 is 9.30 Å². The highest BCUT2D eigenvalue weighted by Crippen LogP contribution is 2.29. The predicted octanol–water partition coefficient (Wildman–Crippen LogP) is 3.98. The minimum atomic E-state index is -3.68. The Kier molecular flexibility index (Phi) is 7.68. The number of halogens is 2. The van der Waals surface area contributed by atoms with Crippen LogP contribution in [0.3, 0.4) is 0 Å². The van der Waals surface area contributed by atoms with Crippen LogP contribution in [0, 0.1) is 0 Å². The van der Waals surface area contributed by atoms with Crippen LogP contribution in [0.5, 0.6) is 0 Å². The number of rotatable bonds is 10. The summed E-state index contributed by atoms with van der Waals surface area (Å²) in [7, 11) is -3.68. The molecule has 1 atom stereocenters. The maximum Gasteiger partial charge on any atom is 0.206 e. The quantitative estimate of drug-likeness (QED) is 0.558. The van der Waals surface area contributed by atoms with E-state index in [0.717, 1.165) is 19.4 Å². The van der Waals surface area contributed by atoms with Crippen LogP contribution in [0.1, 0.15) is 32.6 Å². The van der Waals surface area contributed by atoms with Gasteiger partial charge in [-0.2, -0.15) is 0 Å². The number of sulfone groups is 1. The second kappa shape index (κ2) is 9.52. The molecule has 0 fully saturated rings. The number of hydrogen-bond donors (Lipinski definition) is 0. The van der Waals surface area contributed by atoms with E-state index in [0.29, 0.717) is 24.5 Å². The average Bonchev–Trinajstić information content (AvgIpc) is 3.06. The Labute approximate surface area is 158 Å². The largest absolute Gasteiger partial charge is 0.362 e. The summed E-state index contributed by atoms with van der Waals surface area (Å²) in [5.41, 5.74) is -0.911. The summed E-state index contributed by atoms with van der Waals surface area (Å²) in [6.07, 6.45) is 5.98. The fourth-order valence-corrected chi connectivity index (χ4v) is 4.78. The van der Waals surface area contributed by atoms with Gasteiger partial charge in [0.1, 0.15) is 12.7 Å². The average molecular weight is 406 g/mol. The molecule has 0 aliphatic rings. The third-order valence-corrected chi connectivity index (χ3v) is 6.34. The van der Waals surface area contributed by atoms with E-state index in [1.807, 2.05) is 11.5 Å². The summed E-state index contributed by atoms with van der Waals surface area (Å²) in [5, 5.41) is 7.98. The number of unbranched alkanes of at least 4 members (excludes halogenated alkanes) is 1. The van der Waals surface area contributed by atoms with E-state index >= 15 is 0 Å². The van der Waals surface area contributed by atoms with Gasteiger partial charge in [0.2, 0.25) is 9.84 Å². The first-order valence-electron chi connectivity index (χ1n) is 8.08. The second-order valence-corrected chi connectivity index (χ2v) is 8.51. The minimum absolute atomic E-state index is 0.0570. The maximum atomic E-state index is 12.8. The zero-order chi connectivity index (χ0) is 18.3. The molecule has 0 radical (unpaired) electrons. The summed E-state index contributed by atoms with van der Waals surface area (Å²) >= 11 is 11.9. The van der Waals surface area contributed by atoms with Gasteiger partial charge in [-0.1, -0.05) is 36.5 Å². The molecule has 0 bridgehead atoms. The van der Waals surface area contributed by atoms with Crippen LogP contribution in [0.4, 0.5) is 0 Å². The van der Waals surface area contributed by atoms with Crippen molar-refractivity contribution in [2.24, 2.45) is 0 Å². The van der Waals surface area contributed by atoms with E-state index in [2.05, 4.69) is 10.2 Å². The third kappa shape index (κ3) is 5.67. The van der Waals surface area contributed by atoms with E-state index in [1.54, 1.807) is 12.7 Å². The number of aryl methyl sites for hydroxylation is 1. The Morgan fingerprint density at radius 3 is 2.56 bits per heavy atom. The number of ether oxygens (including phenoxy) is 1. The zero-order valence-corrected chi connectivity index (χ0v) is 16.3. The Balaban J connectivity index is 1.96. The number of aromatic nitrogens is 3. The molecule has 0 saturated heterocycles. The molecule has 1 heterocycles. The fraction of sp³-hybridized carbons (Fsp3) is 0.500. The van der Waals surface area contributed by atoms with E-state index in [1.165, 1.54) is 18.2 Å². The van der Waals surface area contributed by atoms with Crippen LogP contribution in [0.15, 0.2) is 35.7 Å². The molecule has 1 aromatic heterocycles. The van der Waals surface area contributed by atoms with Crippen LogP contribution < -0.4 is 0 Å². The van der Waals surface area contributed by atoms with Gasteiger partial charge in [-0.25, -0.2) is 8.42 Å². The maximum absolute atomic E-state index is 12.8. The van der Waals surface area contributed by atoms with Crippen molar-refractivity contribution in [1.82, 2.24) is 14.8 Å². The molecule has 2 aromatic rings. The highest BCUT2D eigenvalue weighted by molar-refractivity contribution is 7.92. The van der Waals surface area contributed by atoms with Gasteiger partial charge >= 0.3 is 0 Å². The minimum Gasteiger partial charge on any atom is -0.362 e. The van der Waals surface area contributed by atoms with Crippen molar-refractivity contribution in [3.8, 4) is 0 Å². The normalized spacial score (nSPS) is 13.1. The Bertz CT molecular complexity index is 767. The van der Waals surface area contributed by atoms with E-state index in [9.17, 15) is 8.42 Å². The monoisotopic (exact) mass is 405 g/mol. The van der Waals surface area contributed by atoms with Crippen molar-refractivity contribution in [2.45, 2.75) is 49.5 Å². The summed E-state index contributed by atoms with van der Waals surface area (Å²) < 4.78 is 33.2. The molecule has 0 spiro atoms.